The molecular weight excluding hydrogens is 422 g/mol. The van der Waals surface area contributed by atoms with Crippen molar-refractivity contribution in [2.24, 2.45) is 24.8 Å². The van der Waals surface area contributed by atoms with Crippen LogP contribution in [0.1, 0.15) is 28.8 Å². The number of nitrogens with zero attached hydrogens (tertiary/aromatic N) is 3. The van der Waals surface area contributed by atoms with E-state index in [2.05, 4.69) is 91.0 Å². The lowest BCUT2D eigenvalue weighted by Crippen LogP contribution is -2.57. The van der Waals surface area contributed by atoms with Gasteiger partial charge >= 0.3 is 11.4 Å². The third-order valence-electron chi connectivity index (χ3n) is 10.6. The highest BCUT2D eigenvalue weighted by Gasteiger charge is 3.12. The summed E-state index contributed by atoms with van der Waals surface area (Å²) >= 11 is 0. The van der Waals surface area contributed by atoms with Gasteiger partial charge < -0.3 is 0 Å². The first-order chi connectivity index (χ1) is 16.7. The second-order valence-electron chi connectivity index (χ2n) is 10.9. The average Bonchev–Trinajstić information content (AvgIpc) is 3.36. The van der Waals surface area contributed by atoms with Crippen LogP contribution >= 0.6 is 0 Å². The van der Waals surface area contributed by atoms with Crippen LogP contribution < -0.4 is 11.4 Å². The maximum atomic E-state index is 13.3. The van der Waals surface area contributed by atoms with Crippen molar-refractivity contribution in [3.8, 4) is 0 Å². The largest absolute Gasteiger partial charge is 0.347 e. The van der Waals surface area contributed by atoms with Crippen molar-refractivity contribution >= 4 is 0 Å². The highest BCUT2D eigenvalue weighted by Crippen LogP contribution is 3.07. The SMILES string of the molecule is Cn1c(=O)n2n(c1=O)[C@H]1C3[C@H]2[C@H]2[C@H]1[C@]1(c4ccccc4)C3(c3ccccc3)[C@]21c1ccccc1. The quantitative estimate of drug-likeness (QED) is 0.487. The Morgan fingerprint density at radius 3 is 1.21 bits per heavy atom. The van der Waals surface area contributed by atoms with E-state index in [9.17, 15) is 9.59 Å². The lowest BCUT2D eigenvalue weighted by molar-refractivity contribution is 0.0240. The molecule has 1 aromatic heterocycles. The molecule has 5 saturated carbocycles. The minimum absolute atomic E-state index is 0.0585. The molecule has 0 radical (unpaired) electrons. The van der Waals surface area contributed by atoms with Crippen LogP contribution in [0.5, 0.6) is 0 Å². The van der Waals surface area contributed by atoms with Gasteiger partial charge in [-0.3, -0.25) is 0 Å². The Morgan fingerprint density at radius 2 is 0.853 bits per heavy atom. The van der Waals surface area contributed by atoms with Crippen LogP contribution in [0.2, 0.25) is 0 Å². The van der Waals surface area contributed by atoms with Crippen molar-refractivity contribution in [3.63, 3.8) is 0 Å². The molecule has 5 aliphatic carbocycles. The Balaban J connectivity index is 1.44. The van der Waals surface area contributed by atoms with E-state index in [1.807, 2.05) is 9.36 Å². The summed E-state index contributed by atoms with van der Waals surface area (Å²) in [5.41, 5.74) is 3.56. The first-order valence-corrected chi connectivity index (χ1v) is 12.2. The van der Waals surface area contributed by atoms with Gasteiger partial charge in [0.25, 0.3) is 0 Å². The summed E-state index contributed by atoms with van der Waals surface area (Å²) in [6.07, 6.45) is 0. The molecule has 4 aromatic rings. The van der Waals surface area contributed by atoms with Crippen molar-refractivity contribution < 1.29 is 0 Å². The predicted molar refractivity (Wildman–Crippen MR) is 127 cm³/mol. The van der Waals surface area contributed by atoms with Gasteiger partial charge in [-0.25, -0.2) is 23.5 Å². The van der Waals surface area contributed by atoms with Crippen LogP contribution in [-0.2, 0) is 23.3 Å². The van der Waals surface area contributed by atoms with E-state index in [1.54, 1.807) is 7.05 Å². The number of hydrogen-bond acceptors (Lipinski definition) is 2. The van der Waals surface area contributed by atoms with E-state index in [-0.39, 0.29) is 45.6 Å². The second-order valence-corrected chi connectivity index (χ2v) is 10.9. The number of benzene rings is 3. The maximum absolute atomic E-state index is 13.3. The molecule has 0 N–H and O–H groups in total. The molecular formula is C29H23N3O2. The third-order valence-corrected chi connectivity index (χ3v) is 10.6. The molecule has 2 unspecified atom stereocenters. The molecule has 166 valence electrons. The summed E-state index contributed by atoms with van der Waals surface area (Å²) in [5.74, 6) is 0.946. The van der Waals surface area contributed by atoms with Gasteiger partial charge in [-0.1, -0.05) is 91.0 Å². The molecule has 5 fully saturated rings. The molecule has 1 aliphatic heterocycles. The van der Waals surface area contributed by atoms with Gasteiger partial charge in [0.15, 0.2) is 0 Å². The molecule has 10 rings (SSSR count). The second kappa shape index (κ2) is 5.07. The maximum Gasteiger partial charge on any atom is 0.347 e. The monoisotopic (exact) mass is 445 g/mol. The number of aromatic nitrogens is 3. The smallest absolute Gasteiger partial charge is 0.246 e. The van der Waals surface area contributed by atoms with Crippen LogP contribution in [0.25, 0.3) is 0 Å². The number of fused-ring (bicyclic) bond motifs is 1. The zero-order valence-electron chi connectivity index (χ0n) is 18.7. The number of rotatable bonds is 3. The third kappa shape index (κ3) is 1.27. The zero-order valence-corrected chi connectivity index (χ0v) is 18.7. The number of hydrogen-bond donors (Lipinski definition) is 0. The van der Waals surface area contributed by atoms with Crippen molar-refractivity contribution in [2.45, 2.75) is 28.3 Å². The molecule has 5 nitrogen and oxygen atoms in total. The summed E-state index contributed by atoms with van der Waals surface area (Å²) in [5, 5.41) is 0. The topological polar surface area (TPSA) is 48.9 Å². The Hall–Kier alpha value is -3.60. The van der Waals surface area contributed by atoms with Gasteiger partial charge in [-0.15, -0.1) is 0 Å². The lowest BCUT2D eigenvalue weighted by Gasteiger charge is -2.53. The molecule has 2 heterocycles. The summed E-state index contributed by atoms with van der Waals surface area (Å²) in [7, 11) is 1.62. The van der Waals surface area contributed by atoms with Crippen molar-refractivity contribution in [1.82, 2.24) is 13.9 Å². The summed E-state index contributed by atoms with van der Waals surface area (Å²) in [6, 6.07) is 33.1. The van der Waals surface area contributed by atoms with Crippen LogP contribution in [0, 0.1) is 17.8 Å². The molecule has 8 atom stereocenters. The van der Waals surface area contributed by atoms with Gasteiger partial charge in [-0.2, -0.15) is 0 Å². The van der Waals surface area contributed by atoms with Gasteiger partial charge in [0, 0.05) is 29.2 Å². The molecule has 0 spiro atoms. The van der Waals surface area contributed by atoms with E-state index in [4.69, 9.17) is 0 Å². The van der Waals surface area contributed by atoms with E-state index < -0.39 is 0 Å². The fourth-order valence-corrected chi connectivity index (χ4v) is 10.5. The van der Waals surface area contributed by atoms with E-state index in [1.165, 1.54) is 21.3 Å². The summed E-state index contributed by atoms with van der Waals surface area (Å²) in [6.45, 7) is 0. The fraction of sp³-hybridized carbons (Fsp3) is 0.310. The molecule has 34 heavy (non-hydrogen) atoms. The minimum atomic E-state index is -0.161. The standard InChI is InChI=1S/C29H23N3O2/c1-30-25(33)31-23-20-21-24(32(31)26(30)34)22(23)29(19-15-9-4-10-16-19)27(20,17-11-5-2-6-12-17)28(21,29)18-13-7-3-8-14-18/h2-16,20-24H,1H3/t20-,21-,22?,23-,24-,27-,28+,29?/m1/s1. The summed E-state index contributed by atoms with van der Waals surface area (Å²) in [4.78, 5) is 26.5. The normalized spacial score (nSPS) is 40.8. The molecule has 3 aromatic carbocycles. The molecule has 0 amide bonds. The first-order valence-electron chi connectivity index (χ1n) is 12.2. The predicted octanol–water partition coefficient (Wildman–Crippen LogP) is 3.16. The van der Waals surface area contributed by atoms with Crippen molar-refractivity contribution in [3.05, 3.63) is 129 Å². The summed E-state index contributed by atoms with van der Waals surface area (Å²) < 4.78 is 4.99. The Morgan fingerprint density at radius 1 is 0.529 bits per heavy atom. The van der Waals surface area contributed by atoms with Gasteiger partial charge in [0.2, 0.25) is 0 Å². The van der Waals surface area contributed by atoms with Crippen LogP contribution in [0.4, 0.5) is 0 Å². The Labute approximate surface area is 195 Å². The van der Waals surface area contributed by atoms with Gasteiger partial charge in [0.05, 0.1) is 12.1 Å². The fourth-order valence-electron chi connectivity index (χ4n) is 10.5. The van der Waals surface area contributed by atoms with Gasteiger partial charge in [0.1, 0.15) is 0 Å². The Bertz CT molecular complexity index is 1550. The highest BCUT2D eigenvalue weighted by atomic mass is 16.2. The molecule has 5 bridgehead atoms. The van der Waals surface area contributed by atoms with Crippen molar-refractivity contribution in [1.29, 1.82) is 0 Å². The van der Waals surface area contributed by atoms with Crippen molar-refractivity contribution in [2.75, 3.05) is 0 Å². The highest BCUT2D eigenvalue weighted by molar-refractivity contribution is 5.79. The minimum Gasteiger partial charge on any atom is -0.246 e. The van der Waals surface area contributed by atoms with E-state index in [0.717, 1.165) is 0 Å². The van der Waals surface area contributed by atoms with Gasteiger partial charge in [-0.05, 0) is 28.5 Å². The average molecular weight is 446 g/mol. The molecule has 0 saturated heterocycles. The Kier molecular flexibility index (Phi) is 2.66. The van der Waals surface area contributed by atoms with E-state index >= 15 is 0 Å². The zero-order chi connectivity index (χ0) is 22.6. The molecule has 5 heteroatoms. The molecule has 6 aliphatic rings. The van der Waals surface area contributed by atoms with E-state index in [0.29, 0.717) is 11.8 Å². The van der Waals surface area contributed by atoms with Crippen LogP contribution in [0.15, 0.2) is 101 Å². The van der Waals surface area contributed by atoms with Crippen LogP contribution in [0.3, 0.4) is 0 Å². The van der Waals surface area contributed by atoms with Crippen LogP contribution in [-0.4, -0.2) is 13.9 Å². The first kappa shape index (κ1) is 17.8. The lowest BCUT2D eigenvalue weighted by atomic mass is 9.52.